The molecule has 3 rings (SSSR count). The summed E-state index contributed by atoms with van der Waals surface area (Å²) in [5.41, 5.74) is 1.41. The van der Waals surface area contributed by atoms with E-state index in [-0.39, 0.29) is 5.91 Å². The van der Waals surface area contributed by atoms with Crippen LogP contribution in [0, 0.1) is 0 Å². The van der Waals surface area contributed by atoms with E-state index < -0.39 is 0 Å². The van der Waals surface area contributed by atoms with Crippen LogP contribution in [0.2, 0.25) is 5.02 Å². The summed E-state index contributed by atoms with van der Waals surface area (Å²) in [5, 5.41) is 11.7. The predicted molar refractivity (Wildman–Crippen MR) is 93.2 cm³/mol. The van der Waals surface area contributed by atoms with Crippen LogP contribution in [0.15, 0.2) is 30.5 Å². The second-order valence-electron chi connectivity index (χ2n) is 6.06. The fraction of sp³-hybridized carbons (Fsp3) is 0.471. The van der Waals surface area contributed by atoms with Gasteiger partial charge in [0.05, 0.1) is 12.7 Å². The average Bonchev–Trinajstić information content (AvgIpc) is 3.23. The number of likely N-dealkylation sites (tertiary alicyclic amines) is 1. The standard InChI is InChI=1S/C17H22ClN5O/c1-2-22-9-3-4-15(22)10-19-17(24)16-12-23(21-20-16)11-13-5-7-14(18)8-6-13/h5-8,12,15H,2-4,9-11H2,1H3,(H,19,24). The first-order valence-electron chi connectivity index (χ1n) is 8.32. The minimum Gasteiger partial charge on any atom is -0.349 e. The molecular weight excluding hydrogens is 326 g/mol. The number of hydrogen-bond donors (Lipinski definition) is 1. The molecule has 0 bridgehead atoms. The van der Waals surface area contributed by atoms with Gasteiger partial charge in [-0.25, -0.2) is 4.68 Å². The lowest BCUT2D eigenvalue weighted by atomic mass is 10.2. The quantitative estimate of drug-likeness (QED) is 0.870. The molecule has 1 N–H and O–H groups in total. The van der Waals surface area contributed by atoms with Crippen molar-refractivity contribution in [3.63, 3.8) is 0 Å². The van der Waals surface area contributed by atoms with Gasteiger partial charge in [0.15, 0.2) is 5.69 Å². The number of likely N-dealkylation sites (N-methyl/N-ethyl adjacent to an activating group) is 1. The van der Waals surface area contributed by atoms with Crippen LogP contribution in [-0.4, -0.2) is 51.5 Å². The molecule has 1 aromatic heterocycles. The van der Waals surface area contributed by atoms with Gasteiger partial charge in [0.2, 0.25) is 0 Å². The average molecular weight is 348 g/mol. The van der Waals surface area contributed by atoms with E-state index in [1.54, 1.807) is 10.9 Å². The number of aromatic nitrogens is 3. The van der Waals surface area contributed by atoms with Crippen molar-refractivity contribution in [3.05, 3.63) is 46.7 Å². The molecule has 24 heavy (non-hydrogen) atoms. The largest absolute Gasteiger partial charge is 0.349 e. The molecule has 0 saturated carbocycles. The van der Waals surface area contributed by atoms with Gasteiger partial charge in [0.25, 0.3) is 5.91 Å². The second-order valence-corrected chi connectivity index (χ2v) is 6.50. The highest BCUT2D eigenvalue weighted by Crippen LogP contribution is 2.15. The molecule has 1 atom stereocenters. The summed E-state index contributed by atoms with van der Waals surface area (Å²) in [6.45, 7) is 5.52. The van der Waals surface area contributed by atoms with E-state index in [0.29, 0.717) is 29.8 Å². The Morgan fingerprint density at radius 3 is 2.92 bits per heavy atom. The maximum absolute atomic E-state index is 12.2. The van der Waals surface area contributed by atoms with E-state index in [4.69, 9.17) is 11.6 Å². The van der Waals surface area contributed by atoms with Crippen LogP contribution in [0.25, 0.3) is 0 Å². The summed E-state index contributed by atoms with van der Waals surface area (Å²) in [7, 11) is 0. The number of nitrogens with zero attached hydrogens (tertiary/aromatic N) is 4. The monoisotopic (exact) mass is 347 g/mol. The van der Waals surface area contributed by atoms with Gasteiger partial charge in [0.1, 0.15) is 0 Å². The smallest absolute Gasteiger partial charge is 0.273 e. The van der Waals surface area contributed by atoms with Gasteiger partial charge >= 0.3 is 0 Å². The van der Waals surface area contributed by atoms with Crippen LogP contribution in [0.3, 0.4) is 0 Å². The van der Waals surface area contributed by atoms with Crippen LogP contribution < -0.4 is 5.32 Å². The Morgan fingerprint density at radius 1 is 1.38 bits per heavy atom. The Hall–Kier alpha value is -1.92. The molecule has 1 aromatic carbocycles. The maximum Gasteiger partial charge on any atom is 0.273 e. The summed E-state index contributed by atoms with van der Waals surface area (Å²) in [6.07, 6.45) is 4.01. The molecule has 1 unspecified atom stereocenters. The van der Waals surface area contributed by atoms with Gasteiger partial charge in [0, 0.05) is 17.6 Å². The molecule has 0 aliphatic carbocycles. The number of rotatable bonds is 6. The number of nitrogens with one attached hydrogen (secondary N) is 1. The topological polar surface area (TPSA) is 63.1 Å². The fourth-order valence-corrected chi connectivity index (χ4v) is 3.23. The molecule has 6 nitrogen and oxygen atoms in total. The minimum absolute atomic E-state index is 0.166. The Balaban J connectivity index is 1.54. The zero-order chi connectivity index (χ0) is 16.9. The third-order valence-electron chi connectivity index (χ3n) is 4.43. The van der Waals surface area contributed by atoms with Crippen molar-refractivity contribution in [1.82, 2.24) is 25.2 Å². The van der Waals surface area contributed by atoms with Crippen LogP contribution in [-0.2, 0) is 6.54 Å². The molecule has 1 fully saturated rings. The summed E-state index contributed by atoms with van der Waals surface area (Å²) < 4.78 is 1.66. The Labute approximate surface area is 146 Å². The van der Waals surface area contributed by atoms with Crippen molar-refractivity contribution in [3.8, 4) is 0 Å². The molecule has 7 heteroatoms. The first-order chi connectivity index (χ1) is 11.7. The van der Waals surface area contributed by atoms with Crippen LogP contribution in [0.4, 0.5) is 0 Å². The molecule has 2 aromatic rings. The molecule has 1 saturated heterocycles. The SMILES string of the molecule is CCN1CCCC1CNC(=O)c1cn(Cc2ccc(Cl)cc2)nn1. The van der Waals surface area contributed by atoms with Crippen molar-refractivity contribution < 1.29 is 4.79 Å². The van der Waals surface area contributed by atoms with Crippen molar-refractivity contribution in [2.24, 2.45) is 0 Å². The molecule has 0 spiro atoms. The normalized spacial score (nSPS) is 18.0. The summed E-state index contributed by atoms with van der Waals surface area (Å²) in [6, 6.07) is 7.97. The molecule has 1 aliphatic heterocycles. The van der Waals surface area contributed by atoms with E-state index in [1.165, 1.54) is 6.42 Å². The lowest BCUT2D eigenvalue weighted by Crippen LogP contribution is -2.40. The number of hydrogen-bond acceptors (Lipinski definition) is 4. The highest BCUT2D eigenvalue weighted by Gasteiger charge is 2.23. The van der Waals surface area contributed by atoms with Gasteiger partial charge in [-0.2, -0.15) is 0 Å². The van der Waals surface area contributed by atoms with E-state index in [1.807, 2.05) is 24.3 Å². The Morgan fingerprint density at radius 2 is 2.17 bits per heavy atom. The number of carbonyl (C=O) groups excluding carboxylic acids is 1. The Kier molecular flexibility index (Phi) is 5.48. The molecule has 128 valence electrons. The highest BCUT2D eigenvalue weighted by molar-refractivity contribution is 6.30. The summed E-state index contributed by atoms with van der Waals surface area (Å²) in [4.78, 5) is 14.6. The summed E-state index contributed by atoms with van der Waals surface area (Å²) in [5.74, 6) is -0.166. The number of carbonyl (C=O) groups is 1. The third kappa shape index (κ3) is 4.13. The van der Waals surface area contributed by atoms with Crippen molar-refractivity contribution in [1.29, 1.82) is 0 Å². The van der Waals surface area contributed by atoms with Crippen molar-refractivity contribution in [2.75, 3.05) is 19.6 Å². The number of amides is 1. The molecule has 1 amide bonds. The van der Waals surface area contributed by atoms with E-state index in [9.17, 15) is 4.79 Å². The molecule has 1 aliphatic rings. The van der Waals surface area contributed by atoms with Gasteiger partial charge < -0.3 is 5.32 Å². The van der Waals surface area contributed by atoms with Crippen LogP contribution in [0.1, 0.15) is 35.8 Å². The zero-order valence-electron chi connectivity index (χ0n) is 13.8. The number of benzene rings is 1. The number of halogens is 1. The second kappa shape index (κ2) is 7.77. The predicted octanol–water partition coefficient (Wildman–Crippen LogP) is 2.19. The van der Waals surface area contributed by atoms with Crippen LogP contribution in [0.5, 0.6) is 0 Å². The third-order valence-corrected chi connectivity index (χ3v) is 4.68. The lowest BCUT2D eigenvalue weighted by molar-refractivity contribution is 0.0936. The van der Waals surface area contributed by atoms with Gasteiger partial charge in [-0.3, -0.25) is 9.69 Å². The van der Waals surface area contributed by atoms with E-state index in [0.717, 1.165) is 25.1 Å². The maximum atomic E-state index is 12.2. The van der Waals surface area contributed by atoms with Crippen LogP contribution >= 0.6 is 11.6 Å². The molecule has 2 heterocycles. The van der Waals surface area contributed by atoms with Gasteiger partial charge in [-0.1, -0.05) is 35.9 Å². The first kappa shape index (κ1) is 16.9. The Bertz CT molecular complexity index is 685. The first-order valence-corrected chi connectivity index (χ1v) is 8.70. The summed E-state index contributed by atoms with van der Waals surface area (Å²) >= 11 is 5.88. The molecule has 0 radical (unpaired) electrons. The fourth-order valence-electron chi connectivity index (χ4n) is 3.10. The van der Waals surface area contributed by atoms with Crippen molar-refractivity contribution in [2.45, 2.75) is 32.4 Å². The van der Waals surface area contributed by atoms with E-state index >= 15 is 0 Å². The van der Waals surface area contributed by atoms with E-state index in [2.05, 4.69) is 27.5 Å². The van der Waals surface area contributed by atoms with Gasteiger partial charge in [-0.15, -0.1) is 5.10 Å². The zero-order valence-corrected chi connectivity index (χ0v) is 14.5. The van der Waals surface area contributed by atoms with Crippen molar-refractivity contribution >= 4 is 17.5 Å². The minimum atomic E-state index is -0.166. The highest BCUT2D eigenvalue weighted by atomic mass is 35.5. The molecular formula is C17H22ClN5O. The van der Waals surface area contributed by atoms with Gasteiger partial charge in [-0.05, 0) is 43.6 Å². The lowest BCUT2D eigenvalue weighted by Gasteiger charge is -2.22.